The summed E-state index contributed by atoms with van der Waals surface area (Å²) in [5, 5.41) is 42.5. The second-order valence-electron chi connectivity index (χ2n) is 9.58. The molecule has 0 heterocycles. The normalized spacial score (nSPS) is 11.5. The van der Waals surface area contributed by atoms with E-state index in [2.05, 4.69) is 0 Å². The third-order valence-corrected chi connectivity index (χ3v) is 9.03. The molecule has 0 bridgehead atoms. The van der Waals surface area contributed by atoms with Gasteiger partial charge in [0, 0.05) is 34.4 Å². The lowest BCUT2D eigenvalue weighted by Crippen LogP contribution is -2.07. The summed E-state index contributed by atoms with van der Waals surface area (Å²) in [6, 6.07) is 9.25. The van der Waals surface area contributed by atoms with Crippen LogP contribution in [0.4, 0.5) is 37.7 Å². The van der Waals surface area contributed by atoms with Crippen molar-refractivity contribution in [1.29, 1.82) is 10.5 Å². The smallest absolute Gasteiger partial charge is 0.416 e. The largest absolute Gasteiger partial charge is 0.456 e. The molecule has 0 spiro atoms. The summed E-state index contributed by atoms with van der Waals surface area (Å²) in [5.74, 6) is -0.728. The molecule has 0 aliphatic rings. The van der Waals surface area contributed by atoms with Gasteiger partial charge in [0.15, 0.2) is 0 Å². The number of rotatable bonds is 8. The zero-order valence-electron chi connectivity index (χ0n) is 24.3. The lowest BCUT2D eigenvalue weighted by atomic mass is 9.95. The summed E-state index contributed by atoms with van der Waals surface area (Å²) >= 11 is 14.2. The highest BCUT2D eigenvalue weighted by Gasteiger charge is 2.36. The topological polar surface area (TPSA) is 143 Å². The molecule has 0 fully saturated rings. The van der Waals surface area contributed by atoms with Crippen molar-refractivity contribution in [3.8, 4) is 45.9 Å². The van der Waals surface area contributed by atoms with Crippen molar-refractivity contribution in [1.82, 2.24) is 0 Å². The molecule has 4 aromatic carbocycles. The molecule has 0 unspecified atom stereocenters. The van der Waals surface area contributed by atoms with Gasteiger partial charge in [-0.3, -0.25) is 20.2 Å². The van der Waals surface area contributed by atoms with Gasteiger partial charge < -0.3 is 4.74 Å². The predicted octanol–water partition coefficient (Wildman–Crippen LogP) is 11.2. The second kappa shape index (κ2) is 14.0. The van der Waals surface area contributed by atoms with Crippen LogP contribution in [0.3, 0.4) is 0 Å². The van der Waals surface area contributed by atoms with Crippen LogP contribution in [-0.2, 0) is 12.4 Å². The zero-order chi connectivity index (χ0) is 36.6. The van der Waals surface area contributed by atoms with Crippen LogP contribution >= 0.6 is 46.7 Å². The molecule has 0 aliphatic carbocycles. The Labute approximate surface area is 290 Å². The number of thioether (sulfide) groups is 2. The first-order valence-corrected chi connectivity index (χ1v) is 16.1. The minimum atomic E-state index is -4.93. The van der Waals surface area contributed by atoms with E-state index in [1.807, 2.05) is 0 Å². The molecule has 0 atom stereocenters. The molecule has 4 rings (SSSR count). The lowest BCUT2D eigenvalue weighted by Gasteiger charge is -2.21. The fourth-order valence-corrected chi connectivity index (χ4v) is 6.94. The van der Waals surface area contributed by atoms with E-state index in [0.717, 1.165) is 47.8 Å². The molecule has 0 amide bonds. The lowest BCUT2D eigenvalue weighted by molar-refractivity contribution is -0.387. The van der Waals surface area contributed by atoms with E-state index < -0.39 is 65.9 Å². The fourth-order valence-electron chi connectivity index (χ4n) is 4.80. The Balaban J connectivity index is 2.16. The molecule has 0 N–H and O–H groups in total. The number of nitrogens with zero attached hydrogens (tertiary/aromatic N) is 4. The maximum Gasteiger partial charge on any atom is 0.416 e. The average Bonchev–Trinajstić information content (AvgIpc) is 3.02. The van der Waals surface area contributed by atoms with Crippen LogP contribution in [0, 0.1) is 42.9 Å². The van der Waals surface area contributed by atoms with Gasteiger partial charge in [0.2, 0.25) is 0 Å². The molecule has 0 radical (unpaired) electrons. The molecule has 49 heavy (non-hydrogen) atoms. The first-order chi connectivity index (χ1) is 22.9. The number of hydrogen-bond donors (Lipinski definition) is 0. The van der Waals surface area contributed by atoms with Crippen LogP contribution in [0.1, 0.15) is 22.3 Å². The van der Waals surface area contributed by atoms with Crippen molar-refractivity contribution in [2.75, 3.05) is 12.5 Å². The van der Waals surface area contributed by atoms with E-state index in [-0.39, 0.29) is 43.5 Å². The number of alkyl halides is 6. The number of halogens is 8. The highest BCUT2D eigenvalue weighted by atomic mass is 35.5. The monoisotopic (exact) mass is 758 g/mol. The minimum absolute atomic E-state index is 0.209. The molecule has 0 aromatic heterocycles. The number of nitriles is 2. The van der Waals surface area contributed by atoms with Gasteiger partial charge in [-0.05, 0) is 48.9 Å². The van der Waals surface area contributed by atoms with Crippen molar-refractivity contribution >= 4 is 58.1 Å². The highest BCUT2D eigenvalue weighted by Crippen LogP contribution is 2.53. The van der Waals surface area contributed by atoms with Gasteiger partial charge in [0.05, 0.1) is 64.1 Å². The summed E-state index contributed by atoms with van der Waals surface area (Å²) < 4.78 is 87.9. The first kappa shape index (κ1) is 37.1. The molecule has 4 aromatic rings. The molecule has 0 saturated carbocycles. The molecule has 9 nitrogen and oxygen atoms in total. The van der Waals surface area contributed by atoms with Gasteiger partial charge in [-0.25, -0.2) is 0 Å². The SMILES string of the molecule is CSc1c([N+](=O)[O-])ccc(Oc2ccc([N+](=O)[O-])c(SC)c2-c2c(Cl)cc(C(F)(F)F)cc2C#N)c1-c1c(Cl)cc(C(F)(F)F)cc1C#N. The van der Waals surface area contributed by atoms with Crippen LogP contribution < -0.4 is 4.74 Å². The molecule has 252 valence electrons. The quantitative estimate of drug-likeness (QED) is 0.0742. The first-order valence-electron chi connectivity index (χ1n) is 12.9. The Hall–Kier alpha value is -4.68. The predicted molar refractivity (Wildman–Crippen MR) is 170 cm³/mol. The maximum atomic E-state index is 13.6. The number of nitro benzene ring substituents is 2. The van der Waals surface area contributed by atoms with Crippen LogP contribution in [0.2, 0.25) is 10.0 Å². The van der Waals surface area contributed by atoms with E-state index >= 15 is 0 Å². The van der Waals surface area contributed by atoms with Crippen LogP contribution in [-0.4, -0.2) is 22.4 Å². The van der Waals surface area contributed by atoms with Crippen molar-refractivity contribution in [3.05, 3.63) is 101 Å². The van der Waals surface area contributed by atoms with E-state index in [4.69, 9.17) is 27.9 Å². The summed E-state index contributed by atoms with van der Waals surface area (Å²) in [5.41, 5.74) is -6.39. The summed E-state index contributed by atoms with van der Waals surface area (Å²) in [6.07, 6.45) is -7.08. The zero-order valence-corrected chi connectivity index (χ0v) is 27.4. The minimum Gasteiger partial charge on any atom is -0.456 e. The van der Waals surface area contributed by atoms with Gasteiger partial charge in [-0.15, -0.1) is 23.5 Å². The Morgan fingerprint density at radius 1 is 0.673 bits per heavy atom. The average molecular weight is 759 g/mol. The maximum absolute atomic E-state index is 13.6. The molecule has 0 aliphatic heterocycles. The van der Waals surface area contributed by atoms with Crippen LogP contribution in [0.5, 0.6) is 11.5 Å². The number of benzene rings is 4. The van der Waals surface area contributed by atoms with Crippen molar-refractivity contribution in [3.63, 3.8) is 0 Å². The number of nitro groups is 2. The number of ether oxygens (including phenoxy) is 1. The van der Waals surface area contributed by atoms with Crippen LogP contribution in [0.15, 0.2) is 58.3 Å². The van der Waals surface area contributed by atoms with E-state index in [9.17, 15) is 57.1 Å². The summed E-state index contributed by atoms with van der Waals surface area (Å²) in [7, 11) is 0. The number of hydrogen-bond acceptors (Lipinski definition) is 9. The van der Waals surface area contributed by atoms with Gasteiger partial charge >= 0.3 is 12.4 Å². The van der Waals surface area contributed by atoms with E-state index in [1.165, 1.54) is 12.5 Å². The summed E-state index contributed by atoms with van der Waals surface area (Å²) in [6.45, 7) is 0. The van der Waals surface area contributed by atoms with Gasteiger partial charge in [-0.1, -0.05) is 23.2 Å². The molecular formula is C30H14Cl2F6N4O5S2. The third-order valence-electron chi connectivity index (χ3n) is 6.79. The molecular weight excluding hydrogens is 745 g/mol. The van der Waals surface area contributed by atoms with Gasteiger partial charge in [0.1, 0.15) is 11.5 Å². The van der Waals surface area contributed by atoms with Gasteiger partial charge in [0.25, 0.3) is 11.4 Å². The molecule has 19 heteroatoms. The Morgan fingerprint density at radius 2 is 1.02 bits per heavy atom. The Bertz CT molecular complexity index is 1980. The van der Waals surface area contributed by atoms with E-state index in [1.54, 1.807) is 12.1 Å². The highest BCUT2D eigenvalue weighted by molar-refractivity contribution is 7.99. The van der Waals surface area contributed by atoms with E-state index in [0.29, 0.717) is 24.3 Å². The standard InChI is InChI=1S/C30H14Cl2F6N4O5S2/c1-48-27-19(41(43)44)3-5-21(25(27)23-13(11-39)7-15(9-17(23)31)29(33,34)35)47-22-6-4-20(42(45)46)28(49-2)26(22)24-14(12-40)8-16(10-18(24)32)30(36,37)38/h3-10H,1-2H3. The van der Waals surface area contributed by atoms with Gasteiger partial charge in [-0.2, -0.15) is 36.9 Å². The Kier molecular flexibility index (Phi) is 10.6. The van der Waals surface area contributed by atoms with Crippen LogP contribution in [0.25, 0.3) is 22.3 Å². The van der Waals surface area contributed by atoms with Crippen molar-refractivity contribution < 1.29 is 40.9 Å². The molecule has 0 saturated heterocycles. The summed E-state index contributed by atoms with van der Waals surface area (Å²) in [4.78, 5) is 22.0. The Morgan fingerprint density at radius 3 is 1.29 bits per heavy atom. The fraction of sp³-hybridized carbons (Fsp3) is 0.133. The second-order valence-corrected chi connectivity index (χ2v) is 12.0. The van der Waals surface area contributed by atoms with Crippen molar-refractivity contribution in [2.24, 2.45) is 0 Å². The third kappa shape index (κ3) is 7.20. The van der Waals surface area contributed by atoms with Crippen molar-refractivity contribution in [2.45, 2.75) is 22.1 Å².